The molecular weight excluding hydrogens is 392 g/mol. The van der Waals surface area contributed by atoms with Crippen molar-refractivity contribution < 1.29 is 18.4 Å². The van der Waals surface area contributed by atoms with E-state index < -0.39 is 29.5 Å². The van der Waals surface area contributed by atoms with Crippen molar-refractivity contribution in [3.05, 3.63) is 77.1 Å². The molecule has 4 rings (SSSR count). The molecule has 3 aromatic rings. The van der Waals surface area contributed by atoms with E-state index in [-0.39, 0.29) is 23.7 Å². The van der Waals surface area contributed by atoms with Crippen molar-refractivity contribution in [3.8, 4) is 0 Å². The van der Waals surface area contributed by atoms with Crippen molar-refractivity contribution >= 4 is 17.5 Å². The molecule has 2 heterocycles. The van der Waals surface area contributed by atoms with E-state index in [2.05, 4.69) is 20.9 Å². The molecule has 0 radical (unpaired) electrons. The van der Waals surface area contributed by atoms with Crippen LogP contribution in [0, 0.1) is 11.6 Å². The van der Waals surface area contributed by atoms with Gasteiger partial charge in [0.05, 0.1) is 18.4 Å². The average Bonchev–Trinajstić information content (AvgIpc) is 3.14. The fourth-order valence-corrected chi connectivity index (χ4v) is 3.52. The van der Waals surface area contributed by atoms with Crippen LogP contribution in [-0.4, -0.2) is 32.9 Å². The summed E-state index contributed by atoms with van der Waals surface area (Å²) in [7, 11) is 0. The number of amides is 2. The molecule has 0 saturated heterocycles. The van der Waals surface area contributed by atoms with Gasteiger partial charge in [-0.05, 0) is 29.5 Å². The number of hydrogen-bond acceptors (Lipinski definition) is 4. The third-order valence-corrected chi connectivity index (χ3v) is 5.03. The van der Waals surface area contributed by atoms with E-state index in [1.807, 2.05) is 30.3 Å². The fourth-order valence-electron chi connectivity index (χ4n) is 3.52. The molecule has 0 bridgehead atoms. The van der Waals surface area contributed by atoms with Gasteiger partial charge in [0.15, 0.2) is 5.69 Å². The molecule has 0 aliphatic carbocycles. The highest BCUT2D eigenvalue weighted by Gasteiger charge is 2.31. The molecule has 1 aliphatic heterocycles. The number of aromatic nitrogens is 3. The molecule has 2 atom stereocenters. The number of nitrogens with zero attached hydrogens (tertiary/aromatic N) is 3. The first-order chi connectivity index (χ1) is 14.4. The van der Waals surface area contributed by atoms with Gasteiger partial charge in [-0.1, -0.05) is 42.5 Å². The molecule has 0 spiro atoms. The molecule has 2 amide bonds. The number of carbonyl (C=O) groups excluding carboxylic acids is 2. The minimum absolute atomic E-state index is 0.0561. The van der Waals surface area contributed by atoms with Crippen LogP contribution in [0.5, 0.6) is 0 Å². The van der Waals surface area contributed by atoms with Crippen LogP contribution in [0.2, 0.25) is 0 Å². The number of benzene rings is 2. The van der Waals surface area contributed by atoms with Gasteiger partial charge in [0.1, 0.15) is 17.7 Å². The Morgan fingerprint density at radius 1 is 1.27 bits per heavy atom. The van der Waals surface area contributed by atoms with Gasteiger partial charge in [-0.15, -0.1) is 5.10 Å². The Labute approximate surface area is 171 Å². The maximum atomic E-state index is 14.1. The summed E-state index contributed by atoms with van der Waals surface area (Å²) in [4.78, 5) is 25.1. The zero-order valence-electron chi connectivity index (χ0n) is 16.1. The first kappa shape index (κ1) is 19.7. The zero-order chi connectivity index (χ0) is 21.3. The molecule has 0 fully saturated rings. The molecule has 30 heavy (non-hydrogen) atoms. The zero-order valence-corrected chi connectivity index (χ0v) is 16.1. The first-order valence-corrected chi connectivity index (χ1v) is 9.45. The Morgan fingerprint density at radius 2 is 2.03 bits per heavy atom. The van der Waals surface area contributed by atoms with Crippen molar-refractivity contribution in [2.45, 2.75) is 31.8 Å². The SMILES string of the molecule is C[C@H]1C[C@H](NC(=O)c2cn(Cc3ccccc3)nn2)C(=O)Nc2c(F)cc(F)cc21. The van der Waals surface area contributed by atoms with Crippen molar-refractivity contribution in [1.82, 2.24) is 20.3 Å². The highest BCUT2D eigenvalue weighted by atomic mass is 19.1. The van der Waals surface area contributed by atoms with Crippen LogP contribution < -0.4 is 10.6 Å². The summed E-state index contributed by atoms with van der Waals surface area (Å²) in [5.74, 6) is -3.07. The van der Waals surface area contributed by atoms with Crippen molar-refractivity contribution in [2.75, 3.05) is 5.32 Å². The van der Waals surface area contributed by atoms with Crippen LogP contribution in [0.1, 0.15) is 40.9 Å². The first-order valence-electron chi connectivity index (χ1n) is 9.45. The number of nitrogens with one attached hydrogen (secondary N) is 2. The number of fused-ring (bicyclic) bond motifs is 1. The van der Waals surface area contributed by atoms with Crippen LogP contribution in [0.3, 0.4) is 0 Å². The summed E-state index contributed by atoms with van der Waals surface area (Å²) < 4.78 is 29.3. The van der Waals surface area contributed by atoms with E-state index in [4.69, 9.17) is 0 Å². The number of hydrogen-bond donors (Lipinski definition) is 2. The van der Waals surface area contributed by atoms with Gasteiger partial charge < -0.3 is 10.6 Å². The Balaban J connectivity index is 1.47. The molecule has 9 heteroatoms. The summed E-state index contributed by atoms with van der Waals surface area (Å²) >= 11 is 0. The van der Waals surface area contributed by atoms with E-state index >= 15 is 0 Å². The Hall–Kier alpha value is -3.62. The quantitative estimate of drug-likeness (QED) is 0.691. The Bertz CT molecular complexity index is 1100. The molecule has 0 saturated carbocycles. The normalized spacial score (nSPS) is 18.3. The minimum Gasteiger partial charge on any atom is -0.339 e. The van der Waals surface area contributed by atoms with E-state index in [0.29, 0.717) is 12.1 Å². The fraction of sp³-hybridized carbons (Fsp3) is 0.238. The van der Waals surface area contributed by atoms with Gasteiger partial charge in [0.25, 0.3) is 5.91 Å². The van der Waals surface area contributed by atoms with Crippen LogP contribution in [0.25, 0.3) is 0 Å². The Morgan fingerprint density at radius 3 is 2.80 bits per heavy atom. The van der Waals surface area contributed by atoms with Gasteiger partial charge in [-0.25, -0.2) is 13.5 Å². The summed E-state index contributed by atoms with van der Waals surface area (Å²) in [5, 5.41) is 12.9. The standard InChI is InChI=1S/C21H19F2N5O2/c1-12-7-17(20(29)25-19-15(12)8-14(22)9-16(19)23)24-21(30)18-11-28(27-26-18)10-13-5-3-2-4-6-13/h2-6,8-9,11-12,17H,7,10H2,1H3,(H,24,30)(H,25,29)/t12-,17-/m0/s1. The van der Waals surface area contributed by atoms with Crippen LogP contribution in [-0.2, 0) is 11.3 Å². The van der Waals surface area contributed by atoms with Crippen molar-refractivity contribution in [1.29, 1.82) is 0 Å². The second-order valence-electron chi connectivity index (χ2n) is 7.29. The lowest BCUT2D eigenvalue weighted by molar-refractivity contribution is -0.118. The maximum Gasteiger partial charge on any atom is 0.274 e. The average molecular weight is 411 g/mol. The summed E-state index contributed by atoms with van der Waals surface area (Å²) in [6.07, 6.45) is 1.68. The topological polar surface area (TPSA) is 88.9 Å². The smallest absolute Gasteiger partial charge is 0.274 e. The second-order valence-corrected chi connectivity index (χ2v) is 7.29. The molecule has 0 unspecified atom stereocenters. The van der Waals surface area contributed by atoms with Crippen LogP contribution >= 0.6 is 0 Å². The molecular formula is C21H19F2N5O2. The lowest BCUT2D eigenvalue weighted by Crippen LogP contribution is -2.43. The lowest BCUT2D eigenvalue weighted by Gasteiger charge is -2.16. The number of anilines is 1. The minimum atomic E-state index is -0.929. The molecule has 1 aliphatic rings. The van der Waals surface area contributed by atoms with Crippen molar-refractivity contribution in [3.63, 3.8) is 0 Å². The number of halogens is 2. The lowest BCUT2D eigenvalue weighted by atomic mass is 9.94. The molecule has 7 nitrogen and oxygen atoms in total. The predicted octanol–water partition coefficient (Wildman–Crippen LogP) is 2.85. The highest BCUT2D eigenvalue weighted by Crippen LogP contribution is 2.34. The van der Waals surface area contributed by atoms with Gasteiger partial charge >= 0.3 is 0 Å². The third kappa shape index (κ3) is 4.05. The highest BCUT2D eigenvalue weighted by molar-refractivity contribution is 6.01. The predicted molar refractivity (Wildman–Crippen MR) is 105 cm³/mol. The van der Waals surface area contributed by atoms with Gasteiger partial charge in [0, 0.05) is 6.07 Å². The van der Waals surface area contributed by atoms with Crippen LogP contribution in [0.4, 0.5) is 14.5 Å². The van der Waals surface area contributed by atoms with E-state index in [9.17, 15) is 18.4 Å². The number of carbonyl (C=O) groups is 2. The van der Waals surface area contributed by atoms with E-state index in [0.717, 1.165) is 11.6 Å². The van der Waals surface area contributed by atoms with E-state index in [1.54, 1.807) is 6.92 Å². The summed E-state index contributed by atoms with van der Waals surface area (Å²) in [6, 6.07) is 10.6. The second kappa shape index (κ2) is 8.02. The third-order valence-electron chi connectivity index (χ3n) is 5.03. The van der Waals surface area contributed by atoms with Gasteiger partial charge in [-0.2, -0.15) is 0 Å². The van der Waals surface area contributed by atoms with Gasteiger partial charge in [0.2, 0.25) is 5.91 Å². The summed E-state index contributed by atoms with van der Waals surface area (Å²) in [5.41, 5.74) is 1.36. The molecule has 2 N–H and O–H groups in total. The summed E-state index contributed by atoms with van der Waals surface area (Å²) in [6.45, 7) is 2.19. The van der Waals surface area contributed by atoms with Crippen LogP contribution in [0.15, 0.2) is 48.7 Å². The van der Waals surface area contributed by atoms with Crippen molar-refractivity contribution in [2.24, 2.45) is 0 Å². The Kier molecular flexibility index (Phi) is 5.26. The molecule has 1 aromatic heterocycles. The number of rotatable bonds is 4. The largest absolute Gasteiger partial charge is 0.339 e. The van der Waals surface area contributed by atoms with E-state index in [1.165, 1.54) is 16.9 Å². The molecule has 2 aromatic carbocycles. The molecule has 154 valence electrons. The maximum absolute atomic E-state index is 14.1. The van der Waals surface area contributed by atoms with Gasteiger partial charge in [-0.3, -0.25) is 9.59 Å². The monoisotopic (exact) mass is 411 g/mol.